The number of anilines is 2. The van der Waals surface area contributed by atoms with E-state index in [1.165, 1.54) is 16.5 Å². The molecule has 0 bridgehead atoms. The van der Waals surface area contributed by atoms with Crippen LogP contribution in [0.3, 0.4) is 0 Å². The van der Waals surface area contributed by atoms with Gasteiger partial charge in [-0.15, -0.1) is 17.9 Å². The first-order valence-corrected chi connectivity index (χ1v) is 13.5. The number of nitrogens with two attached hydrogens (primary N) is 2. The highest BCUT2D eigenvalue weighted by Crippen LogP contribution is 2.30. The number of thiophene rings is 1. The van der Waals surface area contributed by atoms with Crippen molar-refractivity contribution in [1.29, 1.82) is 0 Å². The first kappa shape index (κ1) is 30.4. The van der Waals surface area contributed by atoms with Crippen LogP contribution in [0.1, 0.15) is 56.0 Å². The normalized spacial score (nSPS) is 11.4. The molecule has 3 nitrogen and oxygen atoms in total. The molecule has 0 saturated heterocycles. The highest BCUT2D eigenvalue weighted by molar-refractivity contribution is 7.11. The van der Waals surface area contributed by atoms with E-state index in [0.29, 0.717) is 11.3 Å². The van der Waals surface area contributed by atoms with Crippen molar-refractivity contribution in [3.05, 3.63) is 119 Å². The number of halogens is 1. The first-order valence-electron chi connectivity index (χ1n) is 12.6. The number of benzene rings is 2. The molecule has 2 aromatic carbocycles. The van der Waals surface area contributed by atoms with E-state index >= 15 is 0 Å². The molecule has 0 saturated carbocycles. The molecule has 0 fully saturated rings. The van der Waals surface area contributed by atoms with Crippen molar-refractivity contribution in [2.75, 3.05) is 11.1 Å². The minimum Gasteiger partial charge on any atom is -0.403 e. The third-order valence-corrected chi connectivity index (χ3v) is 6.78. The van der Waals surface area contributed by atoms with Gasteiger partial charge in [0.05, 0.1) is 0 Å². The van der Waals surface area contributed by atoms with Gasteiger partial charge in [0.25, 0.3) is 0 Å². The fraction of sp³-hybridized carbons (Fsp3) is 0.212. The molecule has 200 valence electrons. The maximum Gasteiger partial charge on any atom is 0.126 e. The number of hydrogen-bond acceptors (Lipinski definition) is 4. The van der Waals surface area contributed by atoms with E-state index in [4.69, 9.17) is 11.5 Å². The molecule has 0 aliphatic carbocycles. The summed E-state index contributed by atoms with van der Waals surface area (Å²) in [6.07, 6.45) is 8.50. The zero-order valence-corrected chi connectivity index (χ0v) is 23.9. The molecule has 0 atom stereocenters. The molecule has 0 aliphatic heterocycles. The second kappa shape index (κ2) is 14.8. The van der Waals surface area contributed by atoms with Gasteiger partial charge in [0.2, 0.25) is 0 Å². The fourth-order valence-electron chi connectivity index (χ4n) is 3.63. The molecule has 1 aromatic heterocycles. The highest BCUT2D eigenvalue weighted by atomic mass is 32.1. The molecular formula is C33H40FN3S. The summed E-state index contributed by atoms with van der Waals surface area (Å²) >= 11 is 1.69. The summed E-state index contributed by atoms with van der Waals surface area (Å²) in [5.74, 6) is -0.175. The van der Waals surface area contributed by atoms with E-state index in [0.717, 1.165) is 58.6 Å². The van der Waals surface area contributed by atoms with Crippen LogP contribution in [0.5, 0.6) is 0 Å². The van der Waals surface area contributed by atoms with Crippen LogP contribution in [-0.2, 0) is 0 Å². The first-order chi connectivity index (χ1) is 18.0. The molecular weight excluding hydrogens is 489 g/mol. The van der Waals surface area contributed by atoms with Crippen LogP contribution < -0.4 is 16.8 Å². The molecule has 0 amide bonds. The van der Waals surface area contributed by atoms with Crippen molar-refractivity contribution in [3.8, 4) is 11.1 Å². The van der Waals surface area contributed by atoms with E-state index in [-0.39, 0.29) is 5.82 Å². The summed E-state index contributed by atoms with van der Waals surface area (Å²) in [6, 6.07) is 13.3. The van der Waals surface area contributed by atoms with Gasteiger partial charge in [-0.25, -0.2) is 4.39 Å². The van der Waals surface area contributed by atoms with E-state index in [1.807, 2.05) is 63.3 Å². The van der Waals surface area contributed by atoms with Gasteiger partial charge in [0.15, 0.2) is 0 Å². The summed E-state index contributed by atoms with van der Waals surface area (Å²) in [4.78, 5) is 1.17. The van der Waals surface area contributed by atoms with Crippen molar-refractivity contribution in [2.45, 2.75) is 47.0 Å². The summed E-state index contributed by atoms with van der Waals surface area (Å²) in [5, 5.41) is 5.48. The zero-order valence-electron chi connectivity index (χ0n) is 23.0. The second-order valence-corrected chi connectivity index (χ2v) is 10.3. The minimum atomic E-state index is -0.175. The number of aryl methyl sites for hydroxylation is 1. The fourth-order valence-corrected chi connectivity index (χ4v) is 4.53. The van der Waals surface area contributed by atoms with Crippen molar-refractivity contribution in [1.82, 2.24) is 0 Å². The summed E-state index contributed by atoms with van der Waals surface area (Å²) in [7, 11) is 0. The molecule has 5 heteroatoms. The number of rotatable bonds is 10. The lowest BCUT2D eigenvalue weighted by Crippen LogP contribution is -2.01. The minimum absolute atomic E-state index is 0.175. The number of nitrogens with one attached hydrogen (secondary N) is 1. The van der Waals surface area contributed by atoms with Crippen LogP contribution in [0.2, 0.25) is 0 Å². The van der Waals surface area contributed by atoms with Gasteiger partial charge >= 0.3 is 0 Å². The Labute approximate surface area is 231 Å². The Kier molecular flexibility index (Phi) is 11.8. The Morgan fingerprint density at radius 1 is 1.05 bits per heavy atom. The summed E-state index contributed by atoms with van der Waals surface area (Å²) < 4.78 is 13.6. The van der Waals surface area contributed by atoms with Crippen LogP contribution in [-0.4, -0.2) is 0 Å². The number of nitrogen functional groups attached to an aromatic ring is 1. The van der Waals surface area contributed by atoms with Crippen molar-refractivity contribution in [3.63, 3.8) is 0 Å². The van der Waals surface area contributed by atoms with Crippen LogP contribution >= 0.6 is 11.3 Å². The largest absolute Gasteiger partial charge is 0.403 e. The Morgan fingerprint density at radius 3 is 2.34 bits per heavy atom. The van der Waals surface area contributed by atoms with Crippen LogP contribution in [0.25, 0.3) is 22.8 Å². The molecule has 0 unspecified atom stereocenters. The summed E-state index contributed by atoms with van der Waals surface area (Å²) in [5.41, 5.74) is 20.7. The second-order valence-electron chi connectivity index (χ2n) is 9.34. The maximum absolute atomic E-state index is 13.6. The number of allylic oxidation sites excluding steroid dienone is 6. The molecule has 5 N–H and O–H groups in total. The lowest BCUT2D eigenvalue weighted by molar-refractivity contribution is 0.619. The average molecular weight is 530 g/mol. The Bertz CT molecular complexity index is 1340. The number of hydrogen-bond donors (Lipinski definition) is 3. The topological polar surface area (TPSA) is 64.1 Å². The molecule has 0 spiro atoms. The van der Waals surface area contributed by atoms with E-state index in [1.54, 1.807) is 18.3 Å². The summed E-state index contributed by atoms with van der Waals surface area (Å²) in [6.45, 7) is 19.6. The monoisotopic (exact) mass is 529 g/mol. The SMILES string of the molecule is C/C=C(\C)N.C=CC/C(=C/c1cc(-c2ccc(F)c(C)c2)cs1)CCC(=C)Nc1ccc(C(=C)C)c(N)c1. The average Bonchev–Trinajstić information content (AvgIpc) is 3.33. The third kappa shape index (κ3) is 9.56. The van der Waals surface area contributed by atoms with Gasteiger partial charge in [0, 0.05) is 27.6 Å². The van der Waals surface area contributed by atoms with Crippen molar-refractivity contribution >= 4 is 34.4 Å². The zero-order chi connectivity index (χ0) is 28.2. The lowest BCUT2D eigenvalue weighted by Gasteiger charge is -2.13. The maximum atomic E-state index is 13.6. The molecule has 0 aliphatic rings. The van der Waals surface area contributed by atoms with Gasteiger partial charge < -0.3 is 16.8 Å². The van der Waals surface area contributed by atoms with Crippen LogP contribution in [0.15, 0.2) is 96.7 Å². The van der Waals surface area contributed by atoms with Crippen LogP contribution in [0.4, 0.5) is 15.8 Å². The Morgan fingerprint density at radius 2 is 1.76 bits per heavy atom. The predicted molar refractivity (Wildman–Crippen MR) is 168 cm³/mol. The van der Waals surface area contributed by atoms with Gasteiger partial charge in [-0.1, -0.05) is 43.0 Å². The molecule has 38 heavy (non-hydrogen) atoms. The molecule has 3 rings (SSSR count). The van der Waals surface area contributed by atoms with Gasteiger partial charge in [0.1, 0.15) is 5.82 Å². The van der Waals surface area contributed by atoms with Crippen molar-refractivity contribution in [2.24, 2.45) is 5.73 Å². The third-order valence-electron chi connectivity index (χ3n) is 5.90. The quantitative estimate of drug-likeness (QED) is 0.181. The van der Waals surface area contributed by atoms with Gasteiger partial charge in [-0.3, -0.25) is 0 Å². The Hall–Kier alpha value is -3.83. The Balaban J connectivity index is 0.000000926. The van der Waals surface area contributed by atoms with E-state index in [2.05, 4.69) is 42.6 Å². The molecule has 0 radical (unpaired) electrons. The van der Waals surface area contributed by atoms with Crippen molar-refractivity contribution < 1.29 is 4.39 Å². The van der Waals surface area contributed by atoms with E-state index in [9.17, 15) is 4.39 Å². The standard InChI is InChI=1S/C29H31FN2S.C4H9N/c1-6-7-22(9-8-21(5)32-25-11-12-27(19(2)3)29(31)17-25)15-26-16-24(18-33-26)23-10-13-28(30)20(4)14-23;1-3-4(2)5/h6,10-18,32H,1-2,5,7-9,31H2,3-4H3;3H,5H2,1-2H3/b22-15-;4-3+. The smallest absolute Gasteiger partial charge is 0.126 e. The predicted octanol–water partition coefficient (Wildman–Crippen LogP) is 9.71. The van der Waals surface area contributed by atoms with Gasteiger partial charge in [-0.2, -0.15) is 0 Å². The molecule has 1 heterocycles. The highest BCUT2D eigenvalue weighted by Gasteiger charge is 2.07. The lowest BCUT2D eigenvalue weighted by atomic mass is 10.0. The van der Waals surface area contributed by atoms with E-state index < -0.39 is 0 Å². The van der Waals surface area contributed by atoms with Gasteiger partial charge in [-0.05, 0) is 117 Å². The van der Waals surface area contributed by atoms with Crippen LogP contribution in [0, 0.1) is 12.7 Å². The molecule has 3 aromatic rings.